The zero-order valence-electron chi connectivity index (χ0n) is 24.9. The highest BCUT2D eigenvalue weighted by Crippen LogP contribution is 2.54. The third-order valence-corrected chi connectivity index (χ3v) is 10.5. The normalized spacial score (nSPS) is 29.0. The molecule has 0 unspecified atom stereocenters. The number of fused-ring (bicyclic) bond motifs is 4. The lowest BCUT2D eigenvalue weighted by molar-refractivity contribution is -0.165. The van der Waals surface area contributed by atoms with E-state index in [0.717, 1.165) is 54.6 Å². The molecule has 0 bridgehead atoms. The third-order valence-electron chi connectivity index (χ3n) is 10.5. The summed E-state index contributed by atoms with van der Waals surface area (Å²) in [6.07, 6.45) is 3.26. The van der Waals surface area contributed by atoms with Crippen molar-refractivity contribution in [1.82, 2.24) is 25.3 Å². The second-order valence-corrected chi connectivity index (χ2v) is 13.1. The number of halogens is 1. The predicted octanol–water partition coefficient (Wildman–Crippen LogP) is 3.08. The van der Waals surface area contributed by atoms with Gasteiger partial charge < -0.3 is 29.8 Å². The van der Waals surface area contributed by atoms with Crippen LogP contribution in [0, 0.1) is 11.3 Å². The molecule has 11 nitrogen and oxygen atoms in total. The molecule has 3 aliphatic heterocycles. The first kappa shape index (κ1) is 27.7. The van der Waals surface area contributed by atoms with E-state index in [4.69, 9.17) is 34.4 Å². The highest BCUT2D eigenvalue weighted by Gasteiger charge is 2.54. The molecule has 3 fully saturated rings. The monoisotopic (exact) mass is 601 g/mol. The van der Waals surface area contributed by atoms with E-state index in [2.05, 4.69) is 16.5 Å². The van der Waals surface area contributed by atoms with Crippen LogP contribution in [-0.4, -0.2) is 83.3 Å². The van der Waals surface area contributed by atoms with E-state index in [1.807, 2.05) is 31.0 Å². The average Bonchev–Trinajstić information content (AvgIpc) is 3.66. The number of likely N-dealkylation sites (N-methyl/N-ethyl adjacent to an activating group) is 1. The molecule has 5 aliphatic rings. The van der Waals surface area contributed by atoms with Crippen LogP contribution in [0.4, 0.5) is 10.1 Å². The van der Waals surface area contributed by atoms with Crippen molar-refractivity contribution < 1.29 is 23.1 Å². The fraction of sp³-hybridized carbons (Fsp3) is 0.562. The molecule has 5 heterocycles. The molecule has 2 spiro atoms. The van der Waals surface area contributed by atoms with E-state index in [0.29, 0.717) is 67.3 Å². The maximum absolute atomic E-state index is 14.2. The molecule has 3 aromatic rings. The number of aromatic nitrogens is 3. The molecule has 2 aliphatic carbocycles. The molecular formula is C32H36FN7O4. The van der Waals surface area contributed by atoms with Crippen LogP contribution in [0.1, 0.15) is 60.6 Å². The minimum Gasteiger partial charge on any atom is -0.473 e. The summed E-state index contributed by atoms with van der Waals surface area (Å²) in [5, 5.41) is 18.0. The van der Waals surface area contributed by atoms with Gasteiger partial charge in [-0.25, -0.2) is 4.39 Å². The lowest BCUT2D eigenvalue weighted by Crippen LogP contribution is -2.79. The summed E-state index contributed by atoms with van der Waals surface area (Å²) in [5.41, 5.74) is 10.2. The van der Waals surface area contributed by atoms with Crippen molar-refractivity contribution in [2.45, 2.75) is 80.8 Å². The Hall–Kier alpha value is -3.79. The quantitative estimate of drug-likeness (QED) is 0.402. The van der Waals surface area contributed by atoms with E-state index in [1.54, 1.807) is 6.07 Å². The maximum Gasteiger partial charge on any atom is 0.221 e. The van der Waals surface area contributed by atoms with Crippen LogP contribution in [0.15, 0.2) is 22.7 Å². The van der Waals surface area contributed by atoms with Gasteiger partial charge in [0.25, 0.3) is 0 Å². The summed E-state index contributed by atoms with van der Waals surface area (Å²) < 4.78 is 38.6. The van der Waals surface area contributed by atoms with E-state index in [-0.39, 0.29) is 23.8 Å². The van der Waals surface area contributed by atoms with Gasteiger partial charge >= 0.3 is 0 Å². The first-order valence-corrected chi connectivity index (χ1v) is 15.5. The number of nitrogens with two attached hydrogens (primary N) is 1. The molecule has 2 aromatic heterocycles. The summed E-state index contributed by atoms with van der Waals surface area (Å²) in [7, 11) is 1.91. The highest BCUT2D eigenvalue weighted by molar-refractivity contribution is 5.68. The van der Waals surface area contributed by atoms with Crippen LogP contribution < -0.4 is 20.5 Å². The third kappa shape index (κ3) is 4.13. The Labute approximate surface area is 254 Å². The van der Waals surface area contributed by atoms with E-state index >= 15 is 0 Å². The van der Waals surface area contributed by atoms with Crippen LogP contribution in [0.25, 0.3) is 11.5 Å². The molecule has 8 rings (SSSR count). The van der Waals surface area contributed by atoms with Gasteiger partial charge in [0.2, 0.25) is 11.8 Å². The molecular weight excluding hydrogens is 565 g/mol. The second kappa shape index (κ2) is 10.1. The van der Waals surface area contributed by atoms with Gasteiger partial charge in [0, 0.05) is 30.4 Å². The summed E-state index contributed by atoms with van der Waals surface area (Å²) in [6, 6.07) is 7.83. The van der Waals surface area contributed by atoms with Gasteiger partial charge in [-0.1, -0.05) is 11.2 Å². The summed E-state index contributed by atoms with van der Waals surface area (Å²) >= 11 is 0. The molecule has 1 aromatic carbocycles. The molecule has 12 heteroatoms. The lowest BCUT2D eigenvalue weighted by Gasteiger charge is -2.54. The van der Waals surface area contributed by atoms with Crippen molar-refractivity contribution in [3.63, 3.8) is 0 Å². The number of anilines is 1. The molecule has 5 atom stereocenters. The molecule has 230 valence electrons. The number of nitriles is 1. The largest absolute Gasteiger partial charge is 0.473 e. The lowest BCUT2D eigenvalue weighted by atomic mass is 9.68. The van der Waals surface area contributed by atoms with Crippen LogP contribution in [0.5, 0.6) is 11.8 Å². The maximum atomic E-state index is 14.2. The van der Waals surface area contributed by atoms with Gasteiger partial charge in [-0.05, 0) is 69.7 Å². The molecule has 44 heavy (non-hydrogen) atoms. The summed E-state index contributed by atoms with van der Waals surface area (Å²) in [5.74, 6) is 1.84. The van der Waals surface area contributed by atoms with E-state index < -0.39 is 11.6 Å². The minimum absolute atomic E-state index is 0.0807. The van der Waals surface area contributed by atoms with Crippen molar-refractivity contribution in [3.8, 4) is 29.3 Å². The van der Waals surface area contributed by atoms with Crippen LogP contribution in [0.2, 0.25) is 0 Å². The fourth-order valence-electron chi connectivity index (χ4n) is 8.06. The van der Waals surface area contributed by atoms with Crippen LogP contribution in [-0.2, 0) is 23.0 Å². The molecule has 0 saturated carbocycles. The number of aryl methyl sites for hydroxylation is 1. The first-order valence-electron chi connectivity index (χ1n) is 15.5. The number of nitrogens with zero attached hydrogens (tertiary/aromatic N) is 5. The summed E-state index contributed by atoms with van der Waals surface area (Å²) in [6.45, 7) is 4.19. The molecule has 3 N–H and O–H groups in total. The van der Waals surface area contributed by atoms with E-state index in [9.17, 15) is 9.65 Å². The zero-order chi connectivity index (χ0) is 30.2. The Morgan fingerprint density at radius 3 is 2.77 bits per heavy atom. The Balaban J connectivity index is 1.18. The summed E-state index contributed by atoms with van der Waals surface area (Å²) in [4.78, 5) is 11.6. The van der Waals surface area contributed by atoms with Gasteiger partial charge in [0.15, 0.2) is 17.3 Å². The van der Waals surface area contributed by atoms with Gasteiger partial charge in [-0.3, -0.25) is 4.90 Å². The Bertz CT molecular complexity index is 1660. The van der Waals surface area contributed by atoms with Gasteiger partial charge in [0.05, 0.1) is 30.3 Å². The number of nitrogens with one attached hydrogen (secondary N) is 1. The van der Waals surface area contributed by atoms with Crippen LogP contribution >= 0.6 is 0 Å². The standard InChI is InChI=1S/C32H36FN7O4/c1-17(23-10-19(33)14-40(23)2)42-25-11-26(43-24-13-36-32(24)15-41-16-32)38-30(37-25)28-20-4-3-8-31(29(20)44-39-28)9-7-18-5-6-22(35)21(12-34)27(18)31/h5-6,11,17,19,23-24,36H,3-4,7-10,13-16,35H2,1-2H3/t17-,19+,23-,24+,31-/m0/s1. The predicted molar refractivity (Wildman–Crippen MR) is 157 cm³/mol. The number of rotatable bonds is 6. The molecule has 3 saturated heterocycles. The number of benzene rings is 1. The topological polar surface area (TPSA) is 145 Å². The first-order chi connectivity index (χ1) is 21.3. The number of alkyl halides is 1. The number of hydrogen-bond donors (Lipinski definition) is 2. The van der Waals surface area contributed by atoms with E-state index in [1.165, 1.54) is 0 Å². The minimum atomic E-state index is -0.880. The van der Waals surface area contributed by atoms with Crippen molar-refractivity contribution in [3.05, 3.63) is 46.2 Å². The van der Waals surface area contributed by atoms with Crippen molar-refractivity contribution >= 4 is 5.69 Å². The zero-order valence-corrected chi connectivity index (χ0v) is 24.9. The van der Waals surface area contributed by atoms with Crippen molar-refractivity contribution in [2.75, 3.05) is 39.1 Å². The number of nitrogen functional groups attached to an aromatic ring is 1. The van der Waals surface area contributed by atoms with Crippen molar-refractivity contribution in [2.24, 2.45) is 0 Å². The number of likely N-dealkylation sites (tertiary alicyclic amines) is 1. The SMILES string of the molecule is C[C@H](Oc1cc(O[C@@H]2CNC23COC3)nc(-c2noc3c2CCC[C@@]32CCc3ccc(N)c(C#N)c32)n1)[C@@H]1C[C@@H](F)CN1C. The highest BCUT2D eigenvalue weighted by atomic mass is 19.1. The number of hydrogen-bond acceptors (Lipinski definition) is 11. The van der Waals surface area contributed by atoms with Crippen molar-refractivity contribution in [1.29, 1.82) is 5.26 Å². The number of ether oxygens (including phenoxy) is 3. The smallest absolute Gasteiger partial charge is 0.221 e. The van der Waals surface area contributed by atoms with Gasteiger partial charge in [-0.15, -0.1) is 0 Å². The average molecular weight is 602 g/mol. The molecule has 0 radical (unpaired) electrons. The second-order valence-electron chi connectivity index (χ2n) is 13.1. The van der Waals surface area contributed by atoms with Gasteiger partial charge in [-0.2, -0.15) is 15.2 Å². The fourth-order valence-corrected chi connectivity index (χ4v) is 8.06. The van der Waals surface area contributed by atoms with Gasteiger partial charge in [0.1, 0.15) is 30.0 Å². The molecule has 0 amide bonds. The Morgan fingerprint density at radius 1 is 1.23 bits per heavy atom. The Morgan fingerprint density at radius 2 is 2.07 bits per heavy atom. The van der Waals surface area contributed by atoms with Crippen LogP contribution in [0.3, 0.4) is 0 Å². The Kier molecular flexibility index (Phi) is 6.38.